The van der Waals surface area contributed by atoms with Crippen molar-refractivity contribution in [3.05, 3.63) is 95.7 Å². The molecule has 0 bridgehead atoms. The van der Waals surface area contributed by atoms with E-state index in [2.05, 4.69) is 15.6 Å². The second kappa shape index (κ2) is 8.02. The van der Waals surface area contributed by atoms with Gasteiger partial charge in [0, 0.05) is 22.8 Å². The quantitative estimate of drug-likeness (QED) is 0.458. The van der Waals surface area contributed by atoms with Crippen LogP contribution in [0, 0.1) is 6.92 Å². The van der Waals surface area contributed by atoms with Crippen molar-refractivity contribution in [2.75, 3.05) is 10.6 Å². The zero-order chi connectivity index (χ0) is 20.2. The van der Waals surface area contributed by atoms with Crippen LogP contribution in [0.4, 0.5) is 11.4 Å². The van der Waals surface area contributed by atoms with Crippen LogP contribution >= 0.6 is 0 Å². The normalized spacial score (nSPS) is 10.7. The third kappa shape index (κ3) is 4.19. The summed E-state index contributed by atoms with van der Waals surface area (Å²) in [5.74, 6) is -0.441. The van der Waals surface area contributed by atoms with E-state index in [-0.39, 0.29) is 18.2 Å². The number of amides is 2. The highest BCUT2D eigenvalue weighted by atomic mass is 16.2. The van der Waals surface area contributed by atoms with Gasteiger partial charge in [0.25, 0.3) is 5.91 Å². The standard InChI is InChI=1S/C24H21N3O2/c1-16-7-6-8-18(13-16)26-24(29)20-10-3-5-12-22(20)27-23(28)14-17-15-25-21-11-4-2-9-19(17)21/h2-13,15,25H,14H2,1H3,(H,26,29)(H,27,28). The first-order valence-corrected chi connectivity index (χ1v) is 9.42. The maximum Gasteiger partial charge on any atom is 0.257 e. The highest BCUT2D eigenvalue weighted by Crippen LogP contribution is 2.21. The number of benzene rings is 3. The minimum Gasteiger partial charge on any atom is -0.361 e. The Morgan fingerprint density at radius 1 is 0.897 bits per heavy atom. The largest absolute Gasteiger partial charge is 0.361 e. The van der Waals surface area contributed by atoms with Gasteiger partial charge in [-0.05, 0) is 48.4 Å². The first-order valence-electron chi connectivity index (χ1n) is 9.42. The van der Waals surface area contributed by atoms with E-state index < -0.39 is 0 Å². The van der Waals surface area contributed by atoms with Gasteiger partial charge in [0.2, 0.25) is 5.91 Å². The Morgan fingerprint density at radius 2 is 1.69 bits per heavy atom. The van der Waals surface area contributed by atoms with E-state index in [4.69, 9.17) is 0 Å². The van der Waals surface area contributed by atoms with Gasteiger partial charge in [0.15, 0.2) is 0 Å². The van der Waals surface area contributed by atoms with Crippen molar-refractivity contribution in [3.8, 4) is 0 Å². The van der Waals surface area contributed by atoms with Crippen LogP contribution in [0.5, 0.6) is 0 Å². The molecule has 4 rings (SSSR count). The number of carbonyl (C=O) groups excluding carboxylic acids is 2. The van der Waals surface area contributed by atoms with E-state index in [0.29, 0.717) is 11.3 Å². The number of para-hydroxylation sites is 2. The average molecular weight is 383 g/mol. The molecule has 0 unspecified atom stereocenters. The van der Waals surface area contributed by atoms with Crippen LogP contribution in [-0.2, 0) is 11.2 Å². The summed E-state index contributed by atoms with van der Waals surface area (Å²) in [5, 5.41) is 6.79. The van der Waals surface area contributed by atoms with E-state index in [1.807, 2.05) is 61.7 Å². The second-order valence-corrected chi connectivity index (χ2v) is 6.95. The van der Waals surface area contributed by atoms with Gasteiger partial charge in [-0.1, -0.05) is 42.5 Å². The number of anilines is 2. The molecule has 1 heterocycles. The van der Waals surface area contributed by atoms with Gasteiger partial charge in [-0.15, -0.1) is 0 Å². The number of fused-ring (bicyclic) bond motifs is 1. The number of aryl methyl sites for hydroxylation is 1. The Kier molecular flexibility index (Phi) is 5.12. The molecular formula is C24H21N3O2. The van der Waals surface area contributed by atoms with Gasteiger partial charge >= 0.3 is 0 Å². The number of carbonyl (C=O) groups is 2. The molecule has 0 aliphatic rings. The number of nitrogens with one attached hydrogen (secondary N) is 3. The number of hydrogen-bond acceptors (Lipinski definition) is 2. The molecule has 0 aliphatic carbocycles. The molecule has 0 saturated heterocycles. The lowest BCUT2D eigenvalue weighted by molar-refractivity contribution is -0.115. The minimum atomic E-state index is -0.265. The highest BCUT2D eigenvalue weighted by Gasteiger charge is 2.15. The SMILES string of the molecule is Cc1cccc(NC(=O)c2ccccc2NC(=O)Cc2c[nH]c3ccccc23)c1. The maximum atomic E-state index is 12.8. The van der Waals surface area contributed by atoms with Gasteiger partial charge in [0.05, 0.1) is 17.7 Å². The van der Waals surface area contributed by atoms with Crippen molar-refractivity contribution >= 4 is 34.1 Å². The molecule has 3 N–H and O–H groups in total. The molecule has 0 fully saturated rings. The topological polar surface area (TPSA) is 74.0 Å². The van der Waals surface area contributed by atoms with Crippen LogP contribution in [-0.4, -0.2) is 16.8 Å². The number of aromatic nitrogens is 1. The summed E-state index contributed by atoms with van der Waals surface area (Å²) in [6, 6.07) is 22.5. The molecule has 0 aliphatic heterocycles. The van der Waals surface area contributed by atoms with Crippen molar-refractivity contribution in [2.24, 2.45) is 0 Å². The summed E-state index contributed by atoms with van der Waals surface area (Å²) in [7, 11) is 0. The third-order valence-corrected chi connectivity index (χ3v) is 4.75. The van der Waals surface area contributed by atoms with Gasteiger partial charge < -0.3 is 15.6 Å². The zero-order valence-electron chi connectivity index (χ0n) is 16.0. The molecule has 4 aromatic rings. The van der Waals surface area contributed by atoms with Gasteiger partial charge in [-0.2, -0.15) is 0 Å². The Balaban J connectivity index is 1.50. The number of aromatic amines is 1. The molecule has 29 heavy (non-hydrogen) atoms. The number of H-pyrrole nitrogens is 1. The average Bonchev–Trinajstić information content (AvgIpc) is 3.11. The van der Waals surface area contributed by atoms with Crippen molar-refractivity contribution < 1.29 is 9.59 Å². The molecule has 5 nitrogen and oxygen atoms in total. The summed E-state index contributed by atoms with van der Waals surface area (Å²) >= 11 is 0. The fraction of sp³-hybridized carbons (Fsp3) is 0.0833. The summed E-state index contributed by atoms with van der Waals surface area (Å²) in [4.78, 5) is 28.6. The molecular weight excluding hydrogens is 362 g/mol. The summed E-state index contributed by atoms with van der Waals surface area (Å²) < 4.78 is 0. The monoisotopic (exact) mass is 383 g/mol. The van der Waals surface area contributed by atoms with Crippen LogP contribution in [0.25, 0.3) is 10.9 Å². The smallest absolute Gasteiger partial charge is 0.257 e. The number of hydrogen-bond donors (Lipinski definition) is 3. The molecule has 1 aromatic heterocycles. The molecule has 144 valence electrons. The first-order chi connectivity index (χ1) is 14.1. The van der Waals surface area contributed by atoms with Crippen LogP contribution in [0.3, 0.4) is 0 Å². The Morgan fingerprint density at radius 3 is 2.55 bits per heavy atom. The van der Waals surface area contributed by atoms with Crippen LogP contribution in [0.15, 0.2) is 79.0 Å². The maximum absolute atomic E-state index is 12.8. The van der Waals surface area contributed by atoms with Crippen molar-refractivity contribution in [3.63, 3.8) is 0 Å². The van der Waals surface area contributed by atoms with Crippen molar-refractivity contribution in [1.29, 1.82) is 0 Å². The van der Waals surface area contributed by atoms with E-state index in [1.54, 1.807) is 24.3 Å². The molecule has 2 amide bonds. The fourth-order valence-electron chi connectivity index (χ4n) is 3.36. The molecule has 0 radical (unpaired) electrons. The first kappa shape index (κ1) is 18.5. The van der Waals surface area contributed by atoms with Crippen LogP contribution < -0.4 is 10.6 Å². The summed E-state index contributed by atoms with van der Waals surface area (Å²) in [6.45, 7) is 1.97. The van der Waals surface area contributed by atoms with E-state index in [0.717, 1.165) is 27.7 Å². The fourth-order valence-corrected chi connectivity index (χ4v) is 3.36. The Hall–Kier alpha value is -3.86. The molecule has 5 heteroatoms. The lowest BCUT2D eigenvalue weighted by Crippen LogP contribution is -2.19. The minimum absolute atomic E-state index is 0.175. The van der Waals surface area contributed by atoms with E-state index in [1.165, 1.54) is 0 Å². The lowest BCUT2D eigenvalue weighted by atomic mass is 10.1. The molecule has 0 spiro atoms. The van der Waals surface area contributed by atoms with Gasteiger partial charge in [-0.25, -0.2) is 0 Å². The summed E-state index contributed by atoms with van der Waals surface area (Å²) in [5.41, 5.74) is 4.59. The van der Waals surface area contributed by atoms with Gasteiger partial charge in [-0.3, -0.25) is 9.59 Å². The zero-order valence-corrected chi connectivity index (χ0v) is 16.0. The van der Waals surface area contributed by atoms with Crippen LogP contribution in [0.2, 0.25) is 0 Å². The van der Waals surface area contributed by atoms with Crippen LogP contribution in [0.1, 0.15) is 21.5 Å². The van der Waals surface area contributed by atoms with E-state index >= 15 is 0 Å². The summed E-state index contributed by atoms with van der Waals surface area (Å²) in [6.07, 6.45) is 2.07. The third-order valence-electron chi connectivity index (χ3n) is 4.75. The molecule has 0 saturated carbocycles. The predicted molar refractivity (Wildman–Crippen MR) is 116 cm³/mol. The number of rotatable bonds is 5. The Labute approximate surface area is 168 Å². The molecule has 3 aromatic carbocycles. The van der Waals surface area contributed by atoms with Gasteiger partial charge in [0.1, 0.15) is 0 Å². The van der Waals surface area contributed by atoms with Crippen molar-refractivity contribution in [2.45, 2.75) is 13.3 Å². The van der Waals surface area contributed by atoms with E-state index in [9.17, 15) is 9.59 Å². The Bertz CT molecular complexity index is 1190. The lowest BCUT2D eigenvalue weighted by Gasteiger charge is -2.12. The molecule has 0 atom stereocenters. The van der Waals surface area contributed by atoms with Crippen molar-refractivity contribution in [1.82, 2.24) is 4.98 Å². The predicted octanol–water partition coefficient (Wildman–Crippen LogP) is 4.91. The highest BCUT2D eigenvalue weighted by molar-refractivity contribution is 6.10. The second-order valence-electron chi connectivity index (χ2n) is 6.95.